The summed E-state index contributed by atoms with van der Waals surface area (Å²) >= 11 is 0. The van der Waals surface area contributed by atoms with Crippen molar-refractivity contribution >= 4 is 0 Å². The van der Waals surface area contributed by atoms with Crippen LogP contribution < -0.4 is 10.6 Å². The highest BCUT2D eigenvalue weighted by atomic mass is 15.4. The highest BCUT2D eigenvalue weighted by molar-refractivity contribution is 4.90. The molecule has 0 aromatic heterocycles. The standard InChI is InChI=1S/C25H47N3/c1-5-13-21(14-6-1)26-25(27-22-15-7-2-8-16-22)28(23-17-9-3-10-18-23)24-19-11-4-12-20-24/h21-27H,1-20H2. The first-order valence-corrected chi connectivity index (χ1v) is 13.2. The van der Waals surface area contributed by atoms with Gasteiger partial charge in [-0.3, -0.25) is 15.5 Å². The van der Waals surface area contributed by atoms with Crippen molar-refractivity contribution in [2.45, 2.75) is 159 Å². The van der Waals surface area contributed by atoms with Crippen molar-refractivity contribution in [1.29, 1.82) is 0 Å². The fourth-order valence-corrected chi connectivity index (χ4v) is 6.68. The second-order valence-corrected chi connectivity index (χ2v) is 10.4. The van der Waals surface area contributed by atoms with Gasteiger partial charge in [0.05, 0.1) is 0 Å². The molecule has 28 heavy (non-hydrogen) atoms. The average molecular weight is 390 g/mol. The van der Waals surface area contributed by atoms with E-state index in [0.29, 0.717) is 6.29 Å². The van der Waals surface area contributed by atoms with Gasteiger partial charge in [0.2, 0.25) is 0 Å². The maximum absolute atomic E-state index is 4.21. The number of nitrogens with zero attached hydrogens (tertiary/aromatic N) is 1. The Balaban J connectivity index is 1.50. The van der Waals surface area contributed by atoms with Crippen molar-refractivity contribution in [3.63, 3.8) is 0 Å². The second-order valence-electron chi connectivity index (χ2n) is 10.4. The molecule has 0 aliphatic heterocycles. The highest BCUT2D eigenvalue weighted by Gasteiger charge is 2.36. The molecule has 4 rings (SSSR count). The van der Waals surface area contributed by atoms with Crippen molar-refractivity contribution in [3.05, 3.63) is 0 Å². The van der Waals surface area contributed by atoms with Crippen LogP contribution in [0.3, 0.4) is 0 Å². The van der Waals surface area contributed by atoms with E-state index in [1.54, 1.807) is 0 Å². The Bertz CT molecular complexity index is 378. The van der Waals surface area contributed by atoms with E-state index in [2.05, 4.69) is 15.5 Å². The molecule has 2 N–H and O–H groups in total. The molecule has 162 valence electrons. The summed E-state index contributed by atoms with van der Waals surface area (Å²) in [6, 6.07) is 3.11. The predicted octanol–water partition coefficient (Wildman–Crippen LogP) is 6.08. The lowest BCUT2D eigenvalue weighted by Crippen LogP contribution is -2.65. The van der Waals surface area contributed by atoms with Crippen LogP contribution in [0.2, 0.25) is 0 Å². The molecule has 4 saturated carbocycles. The van der Waals surface area contributed by atoms with Gasteiger partial charge in [0.15, 0.2) is 0 Å². The summed E-state index contributed by atoms with van der Waals surface area (Å²) in [5.74, 6) is 0. The second kappa shape index (κ2) is 11.3. The molecule has 0 saturated heterocycles. The molecule has 0 heterocycles. The highest BCUT2D eigenvalue weighted by Crippen LogP contribution is 2.32. The van der Waals surface area contributed by atoms with Crippen LogP contribution in [0, 0.1) is 0 Å². The first-order valence-electron chi connectivity index (χ1n) is 13.2. The summed E-state index contributed by atoms with van der Waals surface area (Å²) in [6.07, 6.45) is 29.1. The van der Waals surface area contributed by atoms with E-state index >= 15 is 0 Å². The molecule has 4 fully saturated rings. The predicted molar refractivity (Wildman–Crippen MR) is 119 cm³/mol. The van der Waals surface area contributed by atoms with Gasteiger partial charge in [0.1, 0.15) is 6.29 Å². The minimum absolute atomic E-state index is 0.428. The third-order valence-corrected chi connectivity index (χ3v) is 8.29. The number of hydrogen-bond acceptors (Lipinski definition) is 3. The van der Waals surface area contributed by atoms with E-state index in [1.807, 2.05) is 0 Å². The van der Waals surface area contributed by atoms with Gasteiger partial charge in [0, 0.05) is 24.2 Å². The maximum atomic E-state index is 4.21. The molecule has 4 aliphatic carbocycles. The topological polar surface area (TPSA) is 27.3 Å². The van der Waals surface area contributed by atoms with Gasteiger partial charge in [0.25, 0.3) is 0 Å². The number of nitrogens with one attached hydrogen (secondary N) is 2. The zero-order valence-electron chi connectivity index (χ0n) is 18.5. The zero-order valence-corrected chi connectivity index (χ0v) is 18.5. The molecule has 0 atom stereocenters. The van der Waals surface area contributed by atoms with Crippen molar-refractivity contribution in [3.8, 4) is 0 Å². The van der Waals surface area contributed by atoms with Gasteiger partial charge in [-0.15, -0.1) is 0 Å². The van der Waals surface area contributed by atoms with Gasteiger partial charge >= 0.3 is 0 Å². The van der Waals surface area contributed by atoms with Crippen LogP contribution in [-0.4, -0.2) is 35.4 Å². The van der Waals surface area contributed by atoms with Gasteiger partial charge in [-0.1, -0.05) is 77.0 Å². The Morgan fingerprint density at radius 3 is 1.11 bits per heavy atom. The first-order chi connectivity index (χ1) is 13.9. The normalized spacial score (nSPS) is 27.6. The van der Waals surface area contributed by atoms with E-state index in [9.17, 15) is 0 Å². The first kappa shape index (κ1) is 21.1. The summed E-state index contributed by atoms with van der Waals surface area (Å²) in [7, 11) is 0. The van der Waals surface area contributed by atoms with Crippen LogP contribution >= 0.6 is 0 Å². The zero-order chi connectivity index (χ0) is 19.0. The molecular weight excluding hydrogens is 342 g/mol. The molecule has 0 bridgehead atoms. The molecule has 4 aliphatic rings. The number of rotatable bonds is 7. The van der Waals surface area contributed by atoms with Crippen molar-refractivity contribution in [2.24, 2.45) is 0 Å². The minimum atomic E-state index is 0.428. The summed E-state index contributed by atoms with van der Waals surface area (Å²) in [6.45, 7) is 0. The Hall–Kier alpha value is -0.120. The van der Waals surface area contributed by atoms with Gasteiger partial charge in [-0.2, -0.15) is 0 Å². The summed E-state index contributed by atoms with van der Waals surface area (Å²) in [5.41, 5.74) is 0. The third kappa shape index (κ3) is 5.95. The lowest BCUT2D eigenvalue weighted by molar-refractivity contribution is -0.00726. The minimum Gasteiger partial charge on any atom is -0.287 e. The van der Waals surface area contributed by atoms with Crippen LogP contribution in [0.1, 0.15) is 128 Å². The molecule has 0 unspecified atom stereocenters. The fourth-order valence-electron chi connectivity index (χ4n) is 6.68. The monoisotopic (exact) mass is 389 g/mol. The van der Waals surface area contributed by atoms with Crippen molar-refractivity contribution in [1.82, 2.24) is 15.5 Å². The van der Waals surface area contributed by atoms with Crippen molar-refractivity contribution in [2.75, 3.05) is 0 Å². The molecule has 0 radical (unpaired) electrons. The Morgan fingerprint density at radius 1 is 0.429 bits per heavy atom. The largest absolute Gasteiger partial charge is 0.287 e. The molecule has 0 aromatic rings. The van der Waals surface area contributed by atoms with E-state index in [4.69, 9.17) is 0 Å². The van der Waals surface area contributed by atoms with Crippen LogP contribution in [0.4, 0.5) is 0 Å². The van der Waals surface area contributed by atoms with Crippen LogP contribution in [0.25, 0.3) is 0 Å². The fraction of sp³-hybridized carbons (Fsp3) is 1.00. The van der Waals surface area contributed by atoms with Gasteiger partial charge in [-0.25, -0.2) is 0 Å². The molecule has 0 spiro atoms. The van der Waals surface area contributed by atoms with E-state index in [1.165, 1.54) is 128 Å². The SMILES string of the molecule is C1CCC(NC(NC2CCCCC2)N(C2CCCCC2)C2CCCCC2)CC1. The lowest BCUT2D eigenvalue weighted by Gasteiger charge is -2.49. The molecule has 3 nitrogen and oxygen atoms in total. The van der Waals surface area contributed by atoms with Crippen LogP contribution in [0.15, 0.2) is 0 Å². The van der Waals surface area contributed by atoms with Crippen LogP contribution in [0.5, 0.6) is 0 Å². The van der Waals surface area contributed by atoms with E-state index in [0.717, 1.165) is 24.2 Å². The van der Waals surface area contributed by atoms with Crippen molar-refractivity contribution < 1.29 is 0 Å². The van der Waals surface area contributed by atoms with Gasteiger partial charge in [-0.05, 0) is 51.4 Å². The Kier molecular flexibility index (Phi) is 8.54. The van der Waals surface area contributed by atoms with E-state index in [-0.39, 0.29) is 0 Å². The molecule has 0 aromatic carbocycles. The molecular formula is C25H47N3. The summed E-state index contributed by atoms with van der Waals surface area (Å²) in [5, 5.41) is 8.43. The Morgan fingerprint density at radius 2 is 0.750 bits per heavy atom. The molecule has 0 amide bonds. The average Bonchev–Trinajstić information content (AvgIpc) is 2.77. The Labute approximate surface area is 174 Å². The lowest BCUT2D eigenvalue weighted by atomic mass is 9.88. The summed E-state index contributed by atoms with van der Waals surface area (Å²) < 4.78 is 0. The maximum Gasteiger partial charge on any atom is 0.115 e. The van der Waals surface area contributed by atoms with Crippen LogP contribution in [-0.2, 0) is 0 Å². The third-order valence-electron chi connectivity index (χ3n) is 8.29. The van der Waals surface area contributed by atoms with Gasteiger partial charge < -0.3 is 0 Å². The smallest absolute Gasteiger partial charge is 0.115 e. The summed E-state index contributed by atoms with van der Waals surface area (Å²) in [4.78, 5) is 3.02. The number of hydrogen-bond donors (Lipinski definition) is 2. The van der Waals surface area contributed by atoms with E-state index < -0.39 is 0 Å². The quantitative estimate of drug-likeness (QED) is 0.517. The molecule has 3 heteroatoms.